The van der Waals surface area contributed by atoms with Gasteiger partial charge in [-0.1, -0.05) is 52.3 Å². The van der Waals surface area contributed by atoms with Crippen LogP contribution in [0.25, 0.3) is 0 Å². The molecule has 0 radical (unpaired) electrons. The van der Waals surface area contributed by atoms with Crippen molar-refractivity contribution in [1.29, 1.82) is 0 Å². The summed E-state index contributed by atoms with van der Waals surface area (Å²) in [6, 6.07) is 15.7. The number of rotatable bonds is 5. The molecule has 106 valence electrons. The molecule has 0 heterocycles. The molecule has 20 heavy (non-hydrogen) atoms. The van der Waals surface area contributed by atoms with Crippen molar-refractivity contribution in [2.24, 2.45) is 0 Å². The average molecular weight is 336 g/mol. The van der Waals surface area contributed by atoms with Crippen LogP contribution in [0, 0.1) is 5.82 Å². The summed E-state index contributed by atoms with van der Waals surface area (Å²) < 4.78 is 14.0. The fourth-order valence-electron chi connectivity index (χ4n) is 2.11. The Morgan fingerprint density at radius 2 is 1.75 bits per heavy atom. The predicted octanol–water partition coefficient (Wildman–Crippen LogP) is 5.00. The average Bonchev–Trinajstić information content (AvgIpc) is 2.42. The SMILES string of the molecule is CC(C)N(Cc1ccccc1)Cc1ccc(F)cc1Br. The second kappa shape index (κ2) is 7.00. The van der Waals surface area contributed by atoms with Gasteiger partial charge in [-0.15, -0.1) is 0 Å². The van der Waals surface area contributed by atoms with Crippen LogP contribution in [0.2, 0.25) is 0 Å². The highest BCUT2D eigenvalue weighted by molar-refractivity contribution is 9.10. The zero-order valence-electron chi connectivity index (χ0n) is 11.8. The molecule has 0 atom stereocenters. The third-order valence-corrected chi connectivity index (χ3v) is 4.09. The van der Waals surface area contributed by atoms with Gasteiger partial charge in [-0.3, -0.25) is 4.90 Å². The topological polar surface area (TPSA) is 3.24 Å². The molecule has 0 aliphatic carbocycles. The maximum Gasteiger partial charge on any atom is 0.124 e. The number of benzene rings is 2. The van der Waals surface area contributed by atoms with Crippen molar-refractivity contribution in [3.05, 3.63) is 69.9 Å². The van der Waals surface area contributed by atoms with E-state index >= 15 is 0 Å². The van der Waals surface area contributed by atoms with E-state index in [2.05, 4.69) is 58.9 Å². The molecule has 0 saturated heterocycles. The van der Waals surface area contributed by atoms with Crippen LogP contribution in [-0.4, -0.2) is 10.9 Å². The maximum absolute atomic E-state index is 13.1. The van der Waals surface area contributed by atoms with Gasteiger partial charge < -0.3 is 0 Å². The van der Waals surface area contributed by atoms with Crippen molar-refractivity contribution in [2.75, 3.05) is 0 Å². The third kappa shape index (κ3) is 4.15. The van der Waals surface area contributed by atoms with Crippen LogP contribution in [0.5, 0.6) is 0 Å². The number of hydrogen-bond acceptors (Lipinski definition) is 1. The molecule has 2 rings (SSSR count). The van der Waals surface area contributed by atoms with Gasteiger partial charge in [-0.05, 0) is 37.1 Å². The van der Waals surface area contributed by atoms with Gasteiger partial charge >= 0.3 is 0 Å². The molecule has 0 spiro atoms. The second-order valence-electron chi connectivity index (χ2n) is 5.22. The summed E-state index contributed by atoms with van der Waals surface area (Å²) in [7, 11) is 0. The van der Waals surface area contributed by atoms with Gasteiger partial charge in [-0.2, -0.15) is 0 Å². The first-order chi connectivity index (χ1) is 9.56. The zero-order valence-corrected chi connectivity index (χ0v) is 13.4. The lowest BCUT2D eigenvalue weighted by Gasteiger charge is -2.27. The molecule has 0 N–H and O–H groups in total. The Hall–Kier alpha value is -1.19. The monoisotopic (exact) mass is 335 g/mol. The summed E-state index contributed by atoms with van der Waals surface area (Å²) in [5.41, 5.74) is 2.40. The standard InChI is InChI=1S/C17H19BrFN/c1-13(2)20(11-14-6-4-3-5-7-14)12-15-8-9-16(19)10-17(15)18/h3-10,13H,11-12H2,1-2H3. The van der Waals surface area contributed by atoms with Crippen LogP contribution in [0.15, 0.2) is 53.0 Å². The molecule has 2 aromatic rings. The van der Waals surface area contributed by atoms with Gasteiger partial charge in [0.15, 0.2) is 0 Å². The second-order valence-corrected chi connectivity index (χ2v) is 6.07. The molecule has 0 fully saturated rings. The third-order valence-electron chi connectivity index (χ3n) is 3.35. The first-order valence-electron chi connectivity index (χ1n) is 6.78. The van der Waals surface area contributed by atoms with E-state index in [-0.39, 0.29) is 5.82 Å². The van der Waals surface area contributed by atoms with Gasteiger partial charge in [0.2, 0.25) is 0 Å². The van der Waals surface area contributed by atoms with Gasteiger partial charge in [0.05, 0.1) is 0 Å². The Bertz CT molecular complexity index is 554. The molecule has 0 aliphatic rings. The van der Waals surface area contributed by atoms with Crippen LogP contribution >= 0.6 is 15.9 Å². The van der Waals surface area contributed by atoms with E-state index in [1.165, 1.54) is 17.7 Å². The molecule has 2 aromatic carbocycles. The van der Waals surface area contributed by atoms with E-state index in [9.17, 15) is 4.39 Å². The summed E-state index contributed by atoms with van der Waals surface area (Å²) in [5, 5.41) is 0. The zero-order chi connectivity index (χ0) is 14.5. The molecular weight excluding hydrogens is 317 g/mol. The minimum absolute atomic E-state index is 0.209. The lowest BCUT2D eigenvalue weighted by Crippen LogP contribution is -2.29. The maximum atomic E-state index is 13.1. The summed E-state index contributed by atoms with van der Waals surface area (Å²) in [6.07, 6.45) is 0. The van der Waals surface area contributed by atoms with Crippen molar-refractivity contribution in [3.8, 4) is 0 Å². The molecule has 1 nitrogen and oxygen atoms in total. The number of hydrogen-bond donors (Lipinski definition) is 0. The molecule has 3 heteroatoms. The van der Waals surface area contributed by atoms with Crippen LogP contribution in [0.1, 0.15) is 25.0 Å². The summed E-state index contributed by atoms with van der Waals surface area (Å²) in [5.74, 6) is -0.209. The van der Waals surface area contributed by atoms with Gasteiger partial charge in [0, 0.05) is 23.6 Å². The van der Waals surface area contributed by atoms with Gasteiger partial charge in [-0.25, -0.2) is 4.39 Å². The predicted molar refractivity (Wildman–Crippen MR) is 84.9 cm³/mol. The largest absolute Gasteiger partial charge is 0.292 e. The van der Waals surface area contributed by atoms with Gasteiger partial charge in [0.1, 0.15) is 5.82 Å². The summed E-state index contributed by atoms with van der Waals surface area (Å²) in [4.78, 5) is 2.37. The van der Waals surface area contributed by atoms with E-state index in [1.54, 1.807) is 0 Å². The van der Waals surface area contributed by atoms with E-state index in [1.807, 2.05) is 12.1 Å². The normalized spacial score (nSPS) is 11.3. The minimum atomic E-state index is -0.209. The van der Waals surface area contributed by atoms with Gasteiger partial charge in [0.25, 0.3) is 0 Å². The van der Waals surface area contributed by atoms with Crippen LogP contribution in [0.3, 0.4) is 0 Å². The summed E-state index contributed by atoms with van der Waals surface area (Å²) >= 11 is 3.44. The van der Waals surface area contributed by atoms with Crippen LogP contribution in [0.4, 0.5) is 4.39 Å². The van der Waals surface area contributed by atoms with E-state index < -0.39 is 0 Å². The van der Waals surface area contributed by atoms with Crippen molar-refractivity contribution in [3.63, 3.8) is 0 Å². The molecule has 0 amide bonds. The van der Waals surface area contributed by atoms with Crippen molar-refractivity contribution in [2.45, 2.75) is 33.0 Å². The first-order valence-corrected chi connectivity index (χ1v) is 7.57. The Morgan fingerprint density at radius 3 is 2.35 bits per heavy atom. The molecule has 0 aliphatic heterocycles. The lowest BCUT2D eigenvalue weighted by atomic mass is 10.1. The van der Waals surface area contributed by atoms with Crippen LogP contribution < -0.4 is 0 Å². The first kappa shape index (κ1) is 15.2. The smallest absolute Gasteiger partial charge is 0.124 e. The lowest BCUT2D eigenvalue weighted by molar-refractivity contribution is 0.203. The minimum Gasteiger partial charge on any atom is -0.292 e. The molecule has 0 saturated carbocycles. The number of nitrogens with zero attached hydrogens (tertiary/aromatic N) is 1. The van der Waals surface area contributed by atoms with Crippen LogP contribution in [-0.2, 0) is 13.1 Å². The molecular formula is C17H19BrFN. The van der Waals surface area contributed by atoms with Crippen molar-refractivity contribution in [1.82, 2.24) is 4.90 Å². The quantitative estimate of drug-likeness (QED) is 0.743. The number of halogens is 2. The highest BCUT2D eigenvalue weighted by Crippen LogP contribution is 2.21. The fourth-order valence-corrected chi connectivity index (χ4v) is 2.58. The fraction of sp³-hybridized carbons (Fsp3) is 0.294. The summed E-state index contributed by atoms with van der Waals surface area (Å²) in [6.45, 7) is 6.05. The Morgan fingerprint density at radius 1 is 1.05 bits per heavy atom. The van der Waals surface area contributed by atoms with E-state index in [4.69, 9.17) is 0 Å². The molecule has 0 bridgehead atoms. The van der Waals surface area contributed by atoms with E-state index in [0.717, 1.165) is 23.1 Å². The van der Waals surface area contributed by atoms with Crippen molar-refractivity contribution >= 4 is 15.9 Å². The molecule has 0 unspecified atom stereocenters. The Labute approximate surface area is 128 Å². The Balaban J connectivity index is 2.13. The van der Waals surface area contributed by atoms with E-state index in [0.29, 0.717) is 6.04 Å². The highest BCUT2D eigenvalue weighted by atomic mass is 79.9. The molecule has 0 aromatic heterocycles. The highest BCUT2D eigenvalue weighted by Gasteiger charge is 2.13. The Kier molecular flexibility index (Phi) is 5.32. The van der Waals surface area contributed by atoms with Crippen molar-refractivity contribution < 1.29 is 4.39 Å².